The van der Waals surface area contributed by atoms with E-state index in [2.05, 4.69) is 5.32 Å². The summed E-state index contributed by atoms with van der Waals surface area (Å²) in [5.74, 6) is -1.000. The first-order valence-electron chi connectivity index (χ1n) is 6.19. The average molecular weight is 289 g/mol. The van der Waals surface area contributed by atoms with Crippen molar-refractivity contribution in [2.45, 2.75) is 19.9 Å². The third kappa shape index (κ3) is 3.45. The number of nitrogens with one attached hydrogen (secondary N) is 1. The molecule has 2 rings (SSSR count). The van der Waals surface area contributed by atoms with E-state index in [4.69, 9.17) is 5.11 Å². The Hall–Kier alpha value is -2.14. The molecule has 104 valence electrons. The molecule has 5 heteroatoms. The van der Waals surface area contributed by atoms with Gasteiger partial charge in [0.1, 0.15) is 0 Å². The normalized spacial score (nSPS) is 10.2. The highest BCUT2D eigenvalue weighted by molar-refractivity contribution is 7.12. The monoisotopic (exact) mass is 289 g/mol. The van der Waals surface area contributed by atoms with Crippen LogP contribution in [0.15, 0.2) is 35.7 Å². The number of hydrogen-bond donors (Lipinski definition) is 2. The SMILES string of the molecule is Cc1ccsc1C(=O)NCc1ccccc1CC(=O)O. The van der Waals surface area contributed by atoms with Crippen LogP contribution in [-0.4, -0.2) is 17.0 Å². The minimum Gasteiger partial charge on any atom is -0.481 e. The molecule has 0 aliphatic heterocycles. The quantitative estimate of drug-likeness (QED) is 0.889. The van der Waals surface area contributed by atoms with Crippen molar-refractivity contribution < 1.29 is 14.7 Å². The molecule has 1 aromatic carbocycles. The van der Waals surface area contributed by atoms with Crippen molar-refractivity contribution >= 4 is 23.2 Å². The number of carboxylic acids is 1. The lowest BCUT2D eigenvalue weighted by Gasteiger charge is -2.09. The number of aliphatic carboxylic acids is 1. The molecule has 0 bridgehead atoms. The van der Waals surface area contributed by atoms with Crippen LogP contribution < -0.4 is 5.32 Å². The fourth-order valence-electron chi connectivity index (χ4n) is 1.93. The van der Waals surface area contributed by atoms with E-state index in [-0.39, 0.29) is 12.3 Å². The first kappa shape index (κ1) is 14.3. The van der Waals surface area contributed by atoms with Crippen molar-refractivity contribution in [3.05, 3.63) is 57.3 Å². The number of thiophene rings is 1. The fraction of sp³-hybridized carbons (Fsp3) is 0.200. The molecule has 0 radical (unpaired) electrons. The zero-order valence-electron chi connectivity index (χ0n) is 11.1. The highest BCUT2D eigenvalue weighted by Gasteiger charge is 2.11. The molecule has 0 unspecified atom stereocenters. The van der Waals surface area contributed by atoms with E-state index in [0.29, 0.717) is 11.4 Å². The van der Waals surface area contributed by atoms with E-state index in [1.165, 1.54) is 11.3 Å². The summed E-state index contributed by atoms with van der Waals surface area (Å²) in [5.41, 5.74) is 2.51. The van der Waals surface area contributed by atoms with Crippen LogP contribution in [0.4, 0.5) is 0 Å². The summed E-state index contributed by atoms with van der Waals surface area (Å²) in [6, 6.07) is 9.14. The van der Waals surface area contributed by atoms with Crippen molar-refractivity contribution in [1.29, 1.82) is 0 Å². The van der Waals surface area contributed by atoms with Crippen molar-refractivity contribution in [3.63, 3.8) is 0 Å². The number of carbonyl (C=O) groups is 2. The smallest absolute Gasteiger partial charge is 0.307 e. The summed E-state index contributed by atoms with van der Waals surface area (Å²) in [6.07, 6.45) is -0.0376. The van der Waals surface area contributed by atoms with Crippen LogP contribution in [0.1, 0.15) is 26.4 Å². The van der Waals surface area contributed by atoms with Gasteiger partial charge in [-0.15, -0.1) is 11.3 Å². The van der Waals surface area contributed by atoms with Gasteiger partial charge in [-0.1, -0.05) is 24.3 Å². The first-order valence-corrected chi connectivity index (χ1v) is 7.06. The topological polar surface area (TPSA) is 66.4 Å². The predicted octanol–water partition coefficient (Wildman–Crippen LogP) is 2.61. The molecule has 0 saturated heterocycles. The van der Waals surface area contributed by atoms with Gasteiger partial charge >= 0.3 is 5.97 Å². The Morgan fingerprint density at radius 3 is 2.50 bits per heavy atom. The van der Waals surface area contributed by atoms with Gasteiger partial charge in [0.05, 0.1) is 11.3 Å². The Balaban J connectivity index is 2.06. The number of carboxylic acid groups (broad SMARTS) is 1. The summed E-state index contributed by atoms with van der Waals surface area (Å²) in [5, 5.41) is 13.6. The first-order chi connectivity index (χ1) is 9.58. The van der Waals surface area contributed by atoms with Crippen LogP contribution in [0.2, 0.25) is 0 Å². The molecule has 2 N–H and O–H groups in total. The van der Waals surface area contributed by atoms with E-state index in [0.717, 1.165) is 16.7 Å². The van der Waals surface area contributed by atoms with Crippen molar-refractivity contribution in [1.82, 2.24) is 5.32 Å². The second kappa shape index (κ2) is 6.34. The molecule has 0 fully saturated rings. The van der Waals surface area contributed by atoms with Gasteiger partial charge in [0.15, 0.2) is 0 Å². The standard InChI is InChI=1S/C15H15NO3S/c1-10-6-7-20-14(10)15(19)16-9-12-5-3-2-4-11(12)8-13(17)18/h2-7H,8-9H2,1H3,(H,16,19)(H,17,18). The Morgan fingerprint density at radius 1 is 1.20 bits per heavy atom. The van der Waals surface area contributed by atoms with Gasteiger partial charge in [-0.25, -0.2) is 0 Å². The van der Waals surface area contributed by atoms with Gasteiger partial charge in [0, 0.05) is 6.54 Å². The Bertz CT molecular complexity index is 634. The minimum absolute atomic E-state index is 0.0376. The van der Waals surface area contributed by atoms with Gasteiger partial charge in [-0.2, -0.15) is 0 Å². The van der Waals surface area contributed by atoms with Gasteiger partial charge in [0.2, 0.25) is 0 Å². The zero-order chi connectivity index (χ0) is 14.5. The lowest BCUT2D eigenvalue weighted by Crippen LogP contribution is -2.23. The second-order valence-corrected chi connectivity index (χ2v) is 5.37. The van der Waals surface area contributed by atoms with Gasteiger partial charge < -0.3 is 10.4 Å². The maximum absolute atomic E-state index is 12.0. The largest absolute Gasteiger partial charge is 0.481 e. The van der Waals surface area contributed by atoms with Crippen LogP contribution in [0, 0.1) is 6.92 Å². The maximum atomic E-state index is 12.0. The van der Waals surface area contributed by atoms with E-state index in [9.17, 15) is 9.59 Å². The number of carbonyl (C=O) groups excluding carboxylic acids is 1. The van der Waals surface area contributed by atoms with Gasteiger partial charge in [0.25, 0.3) is 5.91 Å². The molecule has 1 aromatic heterocycles. The molecule has 4 nitrogen and oxygen atoms in total. The summed E-state index contributed by atoms with van der Waals surface area (Å²) in [6.45, 7) is 2.23. The second-order valence-electron chi connectivity index (χ2n) is 4.45. The third-order valence-corrected chi connectivity index (χ3v) is 3.98. The number of benzene rings is 1. The Morgan fingerprint density at radius 2 is 1.90 bits per heavy atom. The van der Waals surface area contributed by atoms with Gasteiger partial charge in [-0.3, -0.25) is 9.59 Å². The number of hydrogen-bond acceptors (Lipinski definition) is 3. The average Bonchev–Trinajstić information content (AvgIpc) is 2.83. The third-order valence-electron chi connectivity index (χ3n) is 2.97. The maximum Gasteiger partial charge on any atom is 0.307 e. The van der Waals surface area contributed by atoms with Gasteiger partial charge in [-0.05, 0) is 35.1 Å². The number of amides is 1. The molecular weight excluding hydrogens is 274 g/mol. The molecule has 0 aliphatic rings. The minimum atomic E-state index is -0.877. The summed E-state index contributed by atoms with van der Waals surface area (Å²) >= 11 is 1.40. The summed E-state index contributed by atoms with van der Waals surface area (Å²) in [7, 11) is 0. The molecule has 0 atom stereocenters. The molecule has 2 aromatic rings. The molecule has 0 aliphatic carbocycles. The molecule has 1 heterocycles. The molecular formula is C15H15NO3S. The lowest BCUT2D eigenvalue weighted by molar-refractivity contribution is -0.136. The van der Waals surface area contributed by atoms with E-state index in [1.807, 2.05) is 30.5 Å². The molecule has 20 heavy (non-hydrogen) atoms. The Kier molecular flexibility index (Phi) is 4.53. The zero-order valence-corrected chi connectivity index (χ0v) is 11.9. The number of aryl methyl sites for hydroxylation is 1. The van der Waals surface area contributed by atoms with E-state index in [1.54, 1.807) is 12.1 Å². The number of rotatable bonds is 5. The van der Waals surface area contributed by atoms with E-state index >= 15 is 0 Å². The van der Waals surface area contributed by atoms with Crippen molar-refractivity contribution in [2.24, 2.45) is 0 Å². The fourth-order valence-corrected chi connectivity index (χ4v) is 2.77. The lowest BCUT2D eigenvalue weighted by atomic mass is 10.0. The highest BCUT2D eigenvalue weighted by Crippen LogP contribution is 2.16. The van der Waals surface area contributed by atoms with Crippen LogP contribution >= 0.6 is 11.3 Å². The highest BCUT2D eigenvalue weighted by atomic mass is 32.1. The Labute approximate surface area is 121 Å². The molecule has 0 saturated carbocycles. The van der Waals surface area contributed by atoms with Crippen LogP contribution in [0.3, 0.4) is 0 Å². The van der Waals surface area contributed by atoms with Crippen molar-refractivity contribution in [2.75, 3.05) is 0 Å². The van der Waals surface area contributed by atoms with E-state index < -0.39 is 5.97 Å². The molecule has 1 amide bonds. The summed E-state index contributed by atoms with van der Waals surface area (Å²) < 4.78 is 0. The summed E-state index contributed by atoms with van der Waals surface area (Å²) in [4.78, 5) is 23.5. The van der Waals surface area contributed by atoms with Crippen molar-refractivity contribution in [3.8, 4) is 0 Å². The van der Waals surface area contributed by atoms with Crippen LogP contribution in [-0.2, 0) is 17.8 Å². The van der Waals surface area contributed by atoms with Crippen LogP contribution in [0.5, 0.6) is 0 Å². The predicted molar refractivity (Wildman–Crippen MR) is 78.0 cm³/mol. The van der Waals surface area contributed by atoms with Crippen LogP contribution in [0.25, 0.3) is 0 Å². The molecule has 0 spiro atoms.